The van der Waals surface area contributed by atoms with Gasteiger partial charge in [0.05, 0.1) is 5.69 Å². The normalized spacial score (nSPS) is 19.5. The summed E-state index contributed by atoms with van der Waals surface area (Å²) in [5, 5.41) is 0. The Morgan fingerprint density at radius 1 is 1.42 bits per heavy atom. The third-order valence-corrected chi connectivity index (χ3v) is 4.55. The van der Waals surface area contributed by atoms with Crippen molar-refractivity contribution in [1.29, 1.82) is 0 Å². The van der Waals surface area contributed by atoms with Crippen molar-refractivity contribution in [2.75, 3.05) is 11.4 Å². The van der Waals surface area contributed by atoms with Crippen molar-refractivity contribution >= 4 is 27.4 Å². The van der Waals surface area contributed by atoms with E-state index in [4.69, 9.17) is 0 Å². The van der Waals surface area contributed by atoms with Gasteiger partial charge in [-0.1, -0.05) is 13.3 Å². The summed E-state index contributed by atoms with van der Waals surface area (Å²) in [6.07, 6.45) is 6.37. The highest BCUT2D eigenvalue weighted by atomic mass is 79.9. The van der Waals surface area contributed by atoms with Crippen LogP contribution in [0.15, 0.2) is 22.7 Å². The molecule has 0 saturated carbocycles. The summed E-state index contributed by atoms with van der Waals surface area (Å²) in [5.74, 6) is 0.121. The topological polar surface area (TPSA) is 20.3 Å². The number of anilines is 1. The zero-order chi connectivity index (χ0) is 13.8. The molecule has 104 valence electrons. The third-order valence-electron chi connectivity index (χ3n) is 3.91. The molecule has 0 spiro atoms. The van der Waals surface area contributed by atoms with Crippen molar-refractivity contribution in [2.24, 2.45) is 0 Å². The molecular formula is C16H22BrNO. The molecule has 1 atom stereocenters. The Hall–Kier alpha value is -0.830. The predicted octanol–water partition coefficient (Wildman–Crippen LogP) is 4.81. The zero-order valence-corrected chi connectivity index (χ0v) is 13.4. The van der Waals surface area contributed by atoms with Crippen LogP contribution in [0.5, 0.6) is 0 Å². The number of rotatable bonds is 4. The fraction of sp³-hybridized carbons (Fsp3) is 0.562. The summed E-state index contributed by atoms with van der Waals surface area (Å²) < 4.78 is 1.04. The zero-order valence-electron chi connectivity index (χ0n) is 11.8. The van der Waals surface area contributed by atoms with E-state index in [1.165, 1.54) is 37.8 Å². The van der Waals surface area contributed by atoms with Gasteiger partial charge in [-0.15, -0.1) is 0 Å². The van der Waals surface area contributed by atoms with Gasteiger partial charge >= 0.3 is 0 Å². The quantitative estimate of drug-likeness (QED) is 0.741. The van der Waals surface area contributed by atoms with Gasteiger partial charge in [-0.25, -0.2) is 0 Å². The average Bonchev–Trinajstić information content (AvgIpc) is 2.40. The second-order valence-electron chi connectivity index (χ2n) is 5.35. The van der Waals surface area contributed by atoms with E-state index >= 15 is 0 Å². The molecule has 1 aliphatic heterocycles. The lowest BCUT2D eigenvalue weighted by Crippen LogP contribution is -2.39. The molecule has 0 aromatic heterocycles. The van der Waals surface area contributed by atoms with Crippen LogP contribution in [0.4, 0.5) is 5.69 Å². The van der Waals surface area contributed by atoms with E-state index in [2.05, 4.69) is 33.8 Å². The maximum atomic E-state index is 11.4. The van der Waals surface area contributed by atoms with Crippen molar-refractivity contribution < 1.29 is 4.79 Å². The van der Waals surface area contributed by atoms with E-state index in [0.29, 0.717) is 6.04 Å². The molecule has 1 aromatic rings. The number of hydrogen-bond acceptors (Lipinski definition) is 2. The first kappa shape index (κ1) is 14.6. The maximum Gasteiger partial charge on any atom is 0.159 e. The van der Waals surface area contributed by atoms with Crippen molar-refractivity contribution in [2.45, 2.75) is 52.0 Å². The van der Waals surface area contributed by atoms with E-state index in [9.17, 15) is 4.79 Å². The minimum absolute atomic E-state index is 0.121. The van der Waals surface area contributed by atoms with Crippen LogP contribution < -0.4 is 4.90 Å². The molecule has 1 fully saturated rings. The molecule has 0 radical (unpaired) electrons. The molecule has 1 heterocycles. The second-order valence-corrected chi connectivity index (χ2v) is 6.21. The van der Waals surface area contributed by atoms with Gasteiger partial charge in [0.15, 0.2) is 5.78 Å². The molecular weight excluding hydrogens is 302 g/mol. The van der Waals surface area contributed by atoms with E-state index in [-0.39, 0.29) is 5.78 Å². The summed E-state index contributed by atoms with van der Waals surface area (Å²) in [5.41, 5.74) is 2.02. The van der Waals surface area contributed by atoms with Gasteiger partial charge in [0.1, 0.15) is 0 Å². The summed E-state index contributed by atoms with van der Waals surface area (Å²) >= 11 is 3.64. The second kappa shape index (κ2) is 6.56. The highest BCUT2D eigenvalue weighted by molar-refractivity contribution is 9.10. The number of nitrogens with zero attached hydrogens (tertiary/aromatic N) is 1. The van der Waals surface area contributed by atoms with Gasteiger partial charge in [-0.3, -0.25) is 4.79 Å². The first-order chi connectivity index (χ1) is 9.13. The van der Waals surface area contributed by atoms with E-state index in [0.717, 1.165) is 16.6 Å². The lowest BCUT2D eigenvalue weighted by molar-refractivity contribution is 0.101. The van der Waals surface area contributed by atoms with Gasteiger partial charge in [0, 0.05) is 22.6 Å². The third kappa shape index (κ3) is 3.38. The van der Waals surface area contributed by atoms with Crippen LogP contribution in [-0.2, 0) is 0 Å². The van der Waals surface area contributed by atoms with Crippen LogP contribution in [-0.4, -0.2) is 18.4 Å². The highest BCUT2D eigenvalue weighted by Crippen LogP contribution is 2.33. The standard InChI is InChI=1S/C16H22BrNO/c1-3-6-14-7-4-5-10-18(14)16-9-8-13(12(2)19)11-15(16)17/h8-9,11,14H,3-7,10H2,1-2H3. The fourth-order valence-electron chi connectivity index (χ4n) is 2.91. The first-order valence-electron chi connectivity index (χ1n) is 7.20. The Morgan fingerprint density at radius 3 is 2.84 bits per heavy atom. The van der Waals surface area contributed by atoms with Gasteiger partial charge in [0.2, 0.25) is 0 Å². The fourth-order valence-corrected chi connectivity index (χ4v) is 3.52. The molecule has 0 amide bonds. The number of benzene rings is 1. The SMILES string of the molecule is CCCC1CCCCN1c1ccc(C(C)=O)cc1Br. The van der Waals surface area contributed by atoms with Crippen LogP contribution in [0.3, 0.4) is 0 Å². The number of hydrogen-bond donors (Lipinski definition) is 0. The molecule has 0 N–H and O–H groups in total. The molecule has 19 heavy (non-hydrogen) atoms. The molecule has 1 saturated heterocycles. The molecule has 1 aromatic carbocycles. The number of ketones is 1. The Balaban J connectivity index is 2.26. The monoisotopic (exact) mass is 323 g/mol. The number of halogens is 1. The molecule has 1 unspecified atom stereocenters. The Bertz CT molecular complexity index is 456. The maximum absolute atomic E-state index is 11.4. The molecule has 0 bridgehead atoms. The number of Topliss-reactive ketones (excluding diaryl/α,β-unsaturated/α-hetero) is 1. The number of piperidine rings is 1. The Labute approximate surface area is 124 Å². The first-order valence-corrected chi connectivity index (χ1v) is 8.00. The lowest BCUT2D eigenvalue weighted by atomic mass is 9.97. The smallest absolute Gasteiger partial charge is 0.159 e. The van der Waals surface area contributed by atoms with Crippen LogP contribution in [0.25, 0.3) is 0 Å². The molecule has 3 heteroatoms. The van der Waals surface area contributed by atoms with Crippen LogP contribution in [0.1, 0.15) is 56.3 Å². The van der Waals surface area contributed by atoms with Crippen LogP contribution >= 0.6 is 15.9 Å². The van der Waals surface area contributed by atoms with Gasteiger partial charge < -0.3 is 4.90 Å². The molecule has 2 nitrogen and oxygen atoms in total. The number of carbonyl (C=O) groups excluding carboxylic acids is 1. The minimum atomic E-state index is 0.121. The van der Waals surface area contributed by atoms with Crippen molar-refractivity contribution in [1.82, 2.24) is 0 Å². The molecule has 2 rings (SSSR count). The van der Waals surface area contributed by atoms with Crippen molar-refractivity contribution in [3.8, 4) is 0 Å². The van der Waals surface area contributed by atoms with Gasteiger partial charge in [-0.2, -0.15) is 0 Å². The predicted molar refractivity (Wildman–Crippen MR) is 84.0 cm³/mol. The van der Waals surface area contributed by atoms with E-state index in [1.54, 1.807) is 6.92 Å². The van der Waals surface area contributed by atoms with Crippen LogP contribution in [0, 0.1) is 0 Å². The highest BCUT2D eigenvalue weighted by Gasteiger charge is 2.23. The summed E-state index contributed by atoms with van der Waals surface area (Å²) in [4.78, 5) is 13.9. The largest absolute Gasteiger partial charge is 0.368 e. The lowest BCUT2D eigenvalue weighted by Gasteiger charge is -2.38. The molecule has 1 aliphatic rings. The van der Waals surface area contributed by atoms with Crippen molar-refractivity contribution in [3.63, 3.8) is 0 Å². The Kier molecular flexibility index (Phi) is 5.03. The Morgan fingerprint density at radius 2 is 2.21 bits per heavy atom. The van der Waals surface area contributed by atoms with Crippen molar-refractivity contribution in [3.05, 3.63) is 28.2 Å². The van der Waals surface area contributed by atoms with Gasteiger partial charge in [-0.05, 0) is 66.7 Å². The minimum Gasteiger partial charge on any atom is -0.368 e. The van der Waals surface area contributed by atoms with E-state index in [1.807, 2.05) is 12.1 Å². The summed E-state index contributed by atoms with van der Waals surface area (Å²) in [7, 11) is 0. The molecule has 0 aliphatic carbocycles. The average molecular weight is 324 g/mol. The number of carbonyl (C=O) groups is 1. The summed E-state index contributed by atoms with van der Waals surface area (Å²) in [6, 6.07) is 6.64. The van der Waals surface area contributed by atoms with E-state index < -0.39 is 0 Å². The van der Waals surface area contributed by atoms with Crippen LogP contribution in [0.2, 0.25) is 0 Å². The summed E-state index contributed by atoms with van der Waals surface area (Å²) in [6.45, 7) is 4.99. The van der Waals surface area contributed by atoms with Gasteiger partial charge in [0.25, 0.3) is 0 Å².